The highest BCUT2D eigenvalue weighted by Gasteiger charge is 2.32. The van der Waals surface area contributed by atoms with Crippen LogP contribution in [0.15, 0.2) is 0 Å². The monoisotopic (exact) mass is 388 g/mol. The fourth-order valence-electron chi connectivity index (χ4n) is 3.26. The molecule has 3 nitrogen and oxygen atoms in total. The Morgan fingerprint density at radius 2 is 1.42 bits per heavy atom. The second kappa shape index (κ2) is 16.2. The summed E-state index contributed by atoms with van der Waals surface area (Å²) in [6.45, 7) is 8.38. The second-order valence-corrected chi connectivity index (χ2v) is 9.25. The van der Waals surface area contributed by atoms with Gasteiger partial charge >= 0.3 is 0 Å². The first kappa shape index (κ1) is 24.3. The van der Waals surface area contributed by atoms with Gasteiger partial charge in [0.15, 0.2) is 5.79 Å². The second-order valence-electron chi connectivity index (χ2n) is 8.03. The van der Waals surface area contributed by atoms with Crippen molar-refractivity contribution in [2.75, 3.05) is 31.3 Å². The Morgan fingerprint density at radius 1 is 0.846 bits per heavy atom. The van der Waals surface area contributed by atoms with E-state index in [1.165, 1.54) is 88.6 Å². The van der Waals surface area contributed by atoms with Crippen LogP contribution in [0.25, 0.3) is 0 Å². The van der Waals surface area contributed by atoms with Crippen molar-refractivity contribution in [3.63, 3.8) is 0 Å². The van der Waals surface area contributed by atoms with E-state index in [4.69, 9.17) is 14.2 Å². The van der Waals surface area contributed by atoms with Crippen molar-refractivity contribution in [3.8, 4) is 0 Å². The van der Waals surface area contributed by atoms with Crippen LogP contribution in [0.3, 0.4) is 0 Å². The fraction of sp³-hybridized carbons (Fsp3) is 1.00. The van der Waals surface area contributed by atoms with Crippen LogP contribution in [0.2, 0.25) is 0 Å². The van der Waals surface area contributed by atoms with Gasteiger partial charge in [-0.1, -0.05) is 64.7 Å². The molecule has 4 heteroatoms. The summed E-state index contributed by atoms with van der Waals surface area (Å²) in [7, 11) is 0. The first-order chi connectivity index (χ1) is 12.6. The van der Waals surface area contributed by atoms with E-state index in [1.54, 1.807) is 0 Å². The maximum atomic E-state index is 5.73. The number of unbranched alkanes of at least 4 members (excludes halogenated alkanes) is 10. The summed E-state index contributed by atoms with van der Waals surface area (Å²) in [5, 5.41) is 0. The quantitative estimate of drug-likeness (QED) is 0.248. The Labute approximate surface area is 167 Å². The molecule has 1 aliphatic heterocycles. The predicted octanol–water partition coefficient (Wildman–Crippen LogP) is 6.59. The molecule has 1 heterocycles. The molecule has 0 aromatic carbocycles. The molecule has 1 rings (SSSR count). The van der Waals surface area contributed by atoms with E-state index < -0.39 is 5.79 Å². The van der Waals surface area contributed by atoms with Crippen LogP contribution in [-0.4, -0.2) is 43.2 Å². The van der Waals surface area contributed by atoms with E-state index in [-0.39, 0.29) is 6.10 Å². The van der Waals surface area contributed by atoms with E-state index in [9.17, 15) is 0 Å². The summed E-state index contributed by atoms with van der Waals surface area (Å²) >= 11 is 2.16. The third-order valence-corrected chi connectivity index (χ3v) is 6.00. The molecular weight excluding hydrogens is 344 g/mol. The predicted molar refractivity (Wildman–Crippen MR) is 114 cm³/mol. The Morgan fingerprint density at radius 3 is 2.00 bits per heavy atom. The van der Waals surface area contributed by atoms with Crippen LogP contribution in [-0.2, 0) is 14.2 Å². The number of hydrogen-bond donors (Lipinski definition) is 0. The molecule has 1 aliphatic rings. The zero-order chi connectivity index (χ0) is 18.9. The molecule has 0 aromatic heterocycles. The van der Waals surface area contributed by atoms with Crippen LogP contribution in [0.4, 0.5) is 0 Å². The van der Waals surface area contributed by atoms with Gasteiger partial charge in [0, 0.05) is 6.61 Å². The lowest BCUT2D eigenvalue weighted by atomic mass is 10.1. The molecule has 0 aliphatic carbocycles. The zero-order valence-electron chi connectivity index (χ0n) is 17.7. The van der Waals surface area contributed by atoms with Gasteiger partial charge in [0.1, 0.15) is 6.10 Å². The van der Waals surface area contributed by atoms with Crippen LogP contribution >= 0.6 is 11.8 Å². The Kier molecular flexibility index (Phi) is 15.1. The molecular formula is C22H44O3S. The van der Waals surface area contributed by atoms with Crippen LogP contribution in [0.5, 0.6) is 0 Å². The van der Waals surface area contributed by atoms with Crippen molar-refractivity contribution < 1.29 is 14.2 Å². The maximum Gasteiger partial charge on any atom is 0.163 e. The molecule has 0 aromatic rings. The molecule has 26 heavy (non-hydrogen) atoms. The van der Waals surface area contributed by atoms with Gasteiger partial charge in [-0.3, -0.25) is 0 Å². The first-order valence-electron chi connectivity index (χ1n) is 11.1. The lowest BCUT2D eigenvalue weighted by Crippen LogP contribution is -2.24. The van der Waals surface area contributed by atoms with Crippen molar-refractivity contribution in [3.05, 3.63) is 0 Å². The van der Waals surface area contributed by atoms with Crippen LogP contribution in [0, 0.1) is 0 Å². The summed E-state index contributed by atoms with van der Waals surface area (Å²) < 4.78 is 17.0. The van der Waals surface area contributed by atoms with Gasteiger partial charge in [0.25, 0.3) is 0 Å². The smallest absolute Gasteiger partial charge is 0.163 e. The topological polar surface area (TPSA) is 27.7 Å². The van der Waals surface area contributed by atoms with E-state index in [0.717, 1.165) is 6.61 Å². The lowest BCUT2D eigenvalue weighted by Gasteiger charge is -2.17. The van der Waals surface area contributed by atoms with Crippen molar-refractivity contribution in [1.29, 1.82) is 0 Å². The van der Waals surface area contributed by atoms with E-state index in [2.05, 4.69) is 18.7 Å². The third kappa shape index (κ3) is 14.3. The van der Waals surface area contributed by atoms with Crippen molar-refractivity contribution >= 4 is 11.8 Å². The maximum absolute atomic E-state index is 5.73. The molecule has 0 saturated carbocycles. The van der Waals surface area contributed by atoms with Gasteiger partial charge in [-0.05, 0) is 44.6 Å². The Bertz CT molecular complexity index is 310. The lowest BCUT2D eigenvalue weighted by molar-refractivity contribution is -0.145. The summed E-state index contributed by atoms with van der Waals surface area (Å²) in [5.74, 6) is 2.30. The third-order valence-electron chi connectivity index (χ3n) is 4.84. The van der Waals surface area contributed by atoms with Gasteiger partial charge in [-0.15, -0.1) is 0 Å². The minimum Gasteiger partial charge on any atom is -0.379 e. The molecule has 0 unspecified atom stereocenters. The van der Waals surface area contributed by atoms with Gasteiger partial charge in [0.2, 0.25) is 0 Å². The Hall–Kier alpha value is 0.230. The molecule has 0 radical (unpaired) electrons. The van der Waals surface area contributed by atoms with Gasteiger partial charge < -0.3 is 14.2 Å². The average molecular weight is 389 g/mol. The first-order valence-corrected chi connectivity index (χ1v) is 12.3. The molecule has 1 saturated heterocycles. The number of hydrogen-bond acceptors (Lipinski definition) is 4. The van der Waals surface area contributed by atoms with Crippen LogP contribution in [0.1, 0.15) is 97.8 Å². The zero-order valence-corrected chi connectivity index (χ0v) is 18.5. The van der Waals surface area contributed by atoms with E-state index in [0.29, 0.717) is 13.2 Å². The molecule has 1 atom stereocenters. The van der Waals surface area contributed by atoms with Crippen molar-refractivity contribution in [2.24, 2.45) is 0 Å². The Balaban J connectivity index is 1.69. The van der Waals surface area contributed by atoms with E-state index >= 15 is 0 Å². The van der Waals surface area contributed by atoms with Gasteiger partial charge in [0.05, 0.1) is 13.2 Å². The number of thioether (sulfide) groups is 1. The van der Waals surface area contributed by atoms with Crippen molar-refractivity contribution in [2.45, 2.75) is 110 Å². The van der Waals surface area contributed by atoms with Gasteiger partial charge in [-0.2, -0.15) is 11.8 Å². The summed E-state index contributed by atoms with van der Waals surface area (Å²) in [6, 6.07) is 0. The van der Waals surface area contributed by atoms with E-state index in [1.807, 2.05) is 13.8 Å². The number of ether oxygens (including phenoxy) is 3. The number of rotatable bonds is 18. The van der Waals surface area contributed by atoms with Crippen LogP contribution < -0.4 is 0 Å². The normalized spacial score (nSPS) is 19.3. The average Bonchev–Trinajstić information content (AvgIpc) is 2.96. The summed E-state index contributed by atoms with van der Waals surface area (Å²) in [5.41, 5.74) is 0. The molecule has 0 N–H and O–H groups in total. The molecule has 1 fully saturated rings. The van der Waals surface area contributed by atoms with Gasteiger partial charge in [-0.25, -0.2) is 0 Å². The largest absolute Gasteiger partial charge is 0.379 e. The molecule has 0 spiro atoms. The molecule has 156 valence electrons. The highest BCUT2D eigenvalue weighted by Crippen LogP contribution is 2.22. The molecule has 0 amide bonds. The minimum absolute atomic E-state index is 0.110. The molecule has 0 bridgehead atoms. The SMILES string of the molecule is CCCCCCCCSCCCCCCCCOC[C@@H]1COC(C)(C)O1. The fourth-order valence-corrected chi connectivity index (χ4v) is 4.28. The highest BCUT2D eigenvalue weighted by molar-refractivity contribution is 7.99. The summed E-state index contributed by atoms with van der Waals surface area (Å²) in [6.07, 6.45) is 16.6. The van der Waals surface area contributed by atoms with Crippen molar-refractivity contribution in [1.82, 2.24) is 0 Å². The minimum atomic E-state index is -0.430. The summed E-state index contributed by atoms with van der Waals surface area (Å²) in [4.78, 5) is 0. The standard InChI is InChI=1S/C22H44O3S/c1-4-5-6-7-11-14-17-26-18-15-12-9-8-10-13-16-23-19-21-20-24-22(2,3)25-21/h21H,4-20H2,1-3H3/t21-/m1/s1. The highest BCUT2D eigenvalue weighted by atomic mass is 32.2.